The molecular formula is C17H34B2F2N2O3. The van der Waals surface area contributed by atoms with Gasteiger partial charge in [0, 0.05) is 18.7 Å². The molecular weight excluding hydrogens is 340 g/mol. The third-order valence-electron chi connectivity index (χ3n) is 4.00. The summed E-state index contributed by atoms with van der Waals surface area (Å²) in [7, 11) is 2.17. The molecule has 9 heteroatoms. The van der Waals surface area contributed by atoms with Crippen molar-refractivity contribution < 1.29 is 23.3 Å². The van der Waals surface area contributed by atoms with E-state index in [1.54, 1.807) is 14.3 Å². The van der Waals surface area contributed by atoms with Crippen LogP contribution in [-0.4, -0.2) is 63.6 Å². The standard InChI is InChI=1S/C17H34B2F2N2O3/c1-13(11-20)10-14(18-21)19-22-12-17(4,5)26-9-6-15(25)23-16(2,3)7-8-24/h13-14,22,24H,6-12H2,1-5H3,(H,23,25). The lowest BCUT2D eigenvalue weighted by Gasteiger charge is -2.28. The van der Waals surface area contributed by atoms with Crippen LogP contribution in [0.25, 0.3) is 0 Å². The summed E-state index contributed by atoms with van der Waals surface area (Å²) in [6, 6.07) is 0. The van der Waals surface area contributed by atoms with Crippen molar-refractivity contribution in [1.29, 1.82) is 0 Å². The van der Waals surface area contributed by atoms with Crippen LogP contribution in [0.3, 0.4) is 0 Å². The fourth-order valence-electron chi connectivity index (χ4n) is 2.39. The summed E-state index contributed by atoms with van der Waals surface area (Å²) in [6.07, 6.45) is 1.11. The maximum Gasteiger partial charge on any atom is 0.350 e. The van der Waals surface area contributed by atoms with Crippen molar-refractivity contribution in [1.82, 2.24) is 10.5 Å². The zero-order valence-electron chi connectivity index (χ0n) is 16.8. The Morgan fingerprint density at radius 2 is 1.96 bits per heavy atom. The third kappa shape index (κ3) is 12.7. The summed E-state index contributed by atoms with van der Waals surface area (Å²) in [6.45, 7) is 9.45. The molecule has 0 aromatic heterocycles. The van der Waals surface area contributed by atoms with Crippen LogP contribution in [0.2, 0.25) is 5.72 Å². The minimum Gasteiger partial charge on any atom is -0.396 e. The number of hydrogen-bond acceptors (Lipinski definition) is 4. The molecule has 0 aromatic rings. The first-order chi connectivity index (χ1) is 12.0. The first-order valence-corrected chi connectivity index (χ1v) is 9.17. The number of amides is 1. The normalized spacial score (nSPS) is 14.6. The molecule has 0 saturated heterocycles. The Balaban J connectivity index is 4.08. The van der Waals surface area contributed by atoms with Crippen molar-refractivity contribution in [2.45, 2.75) is 70.7 Å². The lowest BCUT2D eigenvalue weighted by molar-refractivity contribution is -0.125. The summed E-state index contributed by atoms with van der Waals surface area (Å²) in [5.41, 5.74) is -1.44. The zero-order chi connectivity index (χ0) is 20.2. The number of carbonyl (C=O) groups excluding carboxylic acids is 1. The van der Waals surface area contributed by atoms with Crippen molar-refractivity contribution in [3.63, 3.8) is 0 Å². The van der Waals surface area contributed by atoms with Gasteiger partial charge in [0.2, 0.25) is 13.3 Å². The highest BCUT2D eigenvalue weighted by atomic mass is 19.1. The van der Waals surface area contributed by atoms with Gasteiger partial charge in [-0.05, 0) is 45.8 Å². The van der Waals surface area contributed by atoms with Gasteiger partial charge in [-0.15, -0.1) is 0 Å². The smallest absolute Gasteiger partial charge is 0.350 e. The topological polar surface area (TPSA) is 70.6 Å². The average molecular weight is 374 g/mol. The predicted octanol–water partition coefficient (Wildman–Crippen LogP) is 1.99. The van der Waals surface area contributed by atoms with E-state index in [-0.39, 0.29) is 31.5 Å². The first-order valence-electron chi connectivity index (χ1n) is 9.17. The van der Waals surface area contributed by atoms with Crippen molar-refractivity contribution in [2.75, 3.05) is 26.4 Å². The molecule has 0 aliphatic carbocycles. The zero-order valence-corrected chi connectivity index (χ0v) is 16.8. The van der Waals surface area contributed by atoms with Crippen LogP contribution in [0.5, 0.6) is 0 Å². The van der Waals surface area contributed by atoms with E-state index >= 15 is 0 Å². The minimum atomic E-state index is -0.538. The highest BCUT2D eigenvalue weighted by Gasteiger charge is 2.23. The number of ether oxygens (including phenoxy) is 1. The van der Waals surface area contributed by atoms with Crippen molar-refractivity contribution >= 4 is 20.9 Å². The van der Waals surface area contributed by atoms with E-state index in [0.29, 0.717) is 26.9 Å². The van der Waals surface area contributed by atoms with E-state index in [9.17, 15) is 13.5 Å². The maximum atomic E-state index is 12.8. The van der Waals surface area contributed by atoms with Gasteiger partial charge in [-0.3, -0.25) is 9.18 Å². The number of aliphatic hydroxyl groups is 1. The number of nitrogens with one attached hydrogen (secondary N) is 2. The van der Waals surface area contributed by atoms with Gasteiger partial charge in [-0.1, -0.05) is 13.3 Å². The Labute approximate surface area is 158 Å². The van der Waals surface area contributed by atoms with Gasteiger partial charge in [0.1, 0.15) is 0 Å². The van der Waals surface area contributed by atoms with Gasteiger partial charge in [-0.25, -0.2) is 0 Å². The molecule has 2 atom stereocenters. The molecule has 150 valence electrons. The molecule has 0 rings (SSSR count). The SMILES string of the molecule is CC(CF)CC([B]F)[B]NCC(C)(C)OCCC(=O)NC(C)(C)CCO. The summed E-state index contributed by atoms with van der Waals surface area (Å²) >= 11 is 0. The van der Waals surface area contributed by atoms with Gasteiger partial charge in [-0.2, -0.15) is 0 Å². The summed E-state index contributed by atoms with van der Waals surface area (Å²) in [4.78, 5) is 11.9. The monoisotopic (exact) mass is 374 g/mol. The number of halogens is 2. The molecule has 0 bridgehead atoms. The Kier molecular flexibility index (Phi) is 12.4. The lowest BCUT2D eigenvalue weighted by atomic mass is 9.57. The molecule has 5 nitrogen and oxygen atoms in total. The second kappa shape index (κ2) is 12.7. The molecule has 2 unspecified atom stereocenters. The van der Waals surface area contributed by atoms with Gasteiger partial charge >= 0.3 is 7.56 Å². The molecule has 26 heavy (non-hydrogen) atoms. The molecule has 0 aliphatic heterocycles. The molecule has 0 saturated carbocycles. The van der Waals surface area contributed by atoms with Crippen LogP contribution in [0.4, 0.5) is 8.71 Å². The second-order valence-corrected chi connectivity index (χ2v) is 8.10. The molecule has 0 aliphatic rings. The Bertz CT molecular complexity index is 402. The summed E-state index contributed by atoms with van der Waals surface area (Å²) < 4.78 is 31.1. The minimum absolute atomic E-state index is 0.0143. The number of carbonyl (C=O) groups is 1. The van der Waals surface area contributed by atoms with Crippen LogP contribution in [-0.2, 0) is 9.53 Å². The van der Waals surface area contributed by atoms with Crippen molar-refractivity contribution in [3.8, 4) is 0 Å². The van der Waals surface area contributed by atoms with Crippen molar-refractivity contribution in [2.24, 2.45) is 5.92 Å². The average Bonchev–Trinajstić information content (AvgIpc) is 2.52. The van der Waals surface area contributed by atoms with Crippen LogP contribution in [0, 0.1) is 5.92 Å². The molecule has 0 aromatic carbocycles. The highest BCUT2D eigenvalue weighted by molar-refractivity contribution is 6.53. The third-order valence-corrected chi connectivity index (χ3v) is 4.00. The summed E-state index contributed by atoms with van der Waals surface area (Å²) in [5, 5.41) is 14.9. The second-order valence-electron chi connectivity index (χ2n) is 8.10. The van der Waals surface area contributed by atoms with Gasteiger partial charge in [0.25, 0.3) is 0 Å². The predicted molar refractivity (Wildman–Crippen MR) is 103 cm³/mol. The van der Waals surface area contributed by atoms with E-state index in [2.05, 4.69) is 10.5 Å². The lowest BCUT2D eigenvalue weighted by Crippen LogP contribution is -2.45. The molecule has 0 fully saturated rings. The Hall–Kier alpha value is -0.660. The van der Waals surface area contributed by atoms with Crippen LogP contribution in [0.15, 0.2) is 0 Å². The van der Waals surface area contributed by atoms with Crippen LogP contribution >= 0.6 is 0 Å². The van der Waals surface area contributed by atoms with Gasteiger partial charge in [0.15, 0.2) is 0 Å². The van der Waals surface area contributed by atoms with Gasteiger partial charge < -0.3 is 24.7 Å². The fourth-order valence-corrected chi connectivity index (χ4v) is 2.39. The Morgan fingerprint density at radius 3 is 2.50 bits per heavy atom. The largest absolute Gasteiger partial charge is 0.396 e. The van der Waals surface area contributed by atoms with E-state index < -0.39 is 23.5 Å². The number of rotatable bonds is 15. The van der Waals surface area contributed by atoms with Crippen LogP contribution < -0.4 is 10.5 Å². The number of aliphatic hydroxyl groups excluding tert-OH is 1. The molecule has 1 amide bonds. The molecule has 3 N–H and O–H groups in total. The first kappa shape index (κ1) is 25.3. The highest BCUT2D eigenvalue weighted by Crippen LogP contribution is 2.16. The molecule has 0 heterocycles. The van der Waals surface area contributed by atoms with E-state index in [4.69, 9.17) is 9.84 Å². The van der Waals surface area contributed by atoms with Crippen molar-refractivity contribution in [3.05, 3.63) is 0 Å². The fraction of sp³-hybridized carbons (Fsp3) is 0.941. The van der Waals surface area contributed by atoms with E-state index in [0.717, 1.165) is 0 Å². The summed E-state index contributed by atoms with van der Waals surface area (Å²) in [5.74, 6) is -0.325. The molecule has 0 spiro atoms. The quantitative estimate of drug-likeness (QED) is 0.384. The Morgan fingerprint density at radius 1 is 1.31 bits per heavy atom. The molecule has 2 radical (unpaired) electrons. The number of hydrogen-bond donors (Lipinski definition) is 3. The van der Waals surface area contributed by atoms with Crippen LogP contribution in [0.1, 0.15) is 53.9 Å². The number of alkyl halides is 1. The maximum absolute atomic E-state index is 12.8. The van der Waals surface area contributed by atoms with Gasteiger partial charge in [0.05, 0.1) is 25.3 Å². The van der Waals surface area contributed by atoms with E-state index in [1.807, 2.05) is 27.7 Å². The van der Waals surface area contributed by atoms with E-state index in [1.165, 1.54) is 0 Å².